The van der Waals surface area contributed by atoms with E-state index >= 15 is 0 Å². The van der Waals surface area contributed by atoms with Crippen molar-refractivity contribution in [1.82, 2.24) is 0 Å². The van der Waals surface area contributed by atoms with E-state index in [4.69, 9.17) is 23.7 Å². The van der Waals surface area contributed by atoms with Gasteiger partial charge in [-0.3, -0.25) is 0 Å². The predicted octanol–water partition coefficient (Wildman–Crippen LogP) is 0.637. The van der Waals surface area contributed by atoms with Crippen molar-refractivity contribution < 1.29 is 85.0 Å². The topological polar surface area (TPSA) is 289 Å². The number of hydrogen-bond donors (Lipinski definition) is 12. The molecule has 7 aliphatic rings. The summed E-state index contributed by atoms with van der Waals surface area (Å²) in [5.74, 6) is 0.681. The van der Waals surface area contributed by atoms with E-state index in [0.29, 0.717) is 30.6 Å². The minimum Gasteiger partial charge on any atom is -0.396 e. The first kappa shape index (κ1) is 52.9. The van der Waals surface area contributed by atoms with Crippen molar-refractivity contribution >= 4 is 0 Å². The van der Waals surface area contributed by atoms with Crippen LogP contribution in [0.15, 0.2) is 11.6 Å². The van der Waals surface area contributed by atoms with E-state index in [9.17, 15) is 61.3 Å². The van der Waals surface area contributed by atoms with Gasteiger partial charge in [0.15, 0.2) is 12.6 Å². The maximum absolute atomic E-state index is 11.4. The number of ether oxygens (including phenoxy) is 5. The zero-order valence-corrected chi connectivity index (χ0v) is 40.3. The Kier molecular flexibility index (Phi) is 15.7. The Morgan fingerprint density at radius 1 is 0.697 bits per heavy atom. The lowest BCUT2D eigenvalue weighted by atomic mass is 9.39. The third-order valence-corrected chi connectivity index (χ3v) is 19.1. The summed E-state index contributed by atoms with van der Waals surface area (Å²) in [5.41, 5.74) is -0.266. The summed E-state index contributed by atoms with van der Waals surface area (Å²) in [6.45, 7) is 16.1. The van der Waals surface area contributed by atoms with Crippen LogP contribution in [0.3, 0.4) is 0 Å². The maximum atomic E-state index is 11.4. The Labute approximate surface area is 390 Å². The van der Waals surface area contributed by atoms with Gasteiger partial charge in [-0.25, -0.2) is 0 Å². The Morgan fingerprint density at radius 2 is 1.32 bits per heavy atom. The molecule has 6 fully saturated rings. The van der Waals surface area contributed by atoms with Gasteiger partial charge in [-0.15, -0.1) is 0 Å². The van der Waals surface area contributed by atoms with Crippen LogP contribution in [0.25, 0.3) is 0 Å². The number of rotatable bonds is 14. The van der Waals surface area contributed by atoms with Crippen LogP contribution in [0.2, 0.25) is 0 Å². The normalized spacial score (nSPS) is 50.4. The molecule has 0 spiro atoms. The van der Waals surface area contributed by atoms with Crippen LogP contribution in [0.1, 0.15) is 120 Å². The zero-order chi connectivity index (χ0) is 48.6. The quantitative estimate of drug-likeness (QED) is 0.106. The van der Waals surface area contributed by atoms with Crippen LogP contribution in [-0.4, -0.2) is 185 Å². The van der Waals surface area contributed by atoms with E-state index in [0.717, 1.165) is 44.9 Å². The zero-order valence-electron chi connectivity index (χ0n) is 40.3. The summed E-state index contributed by atoms with van der Waals surface area (Å²) in [6.07, 6.45) is -10.3. The molecule has 17 heteroatoms. The second kappa shape index (κ2) is 19.6. The first-order valence-corrected chi connectivity index (χ1v) is 24.8. The molecule has 12 N–H and O–H groups in total. The first-order valence-electron chi connectivity index (χ1n) is 24.8. The molecule has 0 amide bonds. The third kappa shape index (κ3) is 9.13. The summed E-state index contributed by atoms with van der Waals surface area (Å²) in [6, 6.07) is 0. The molecule has 0 bridgehead atoms. The van der Waals surface area contributed by atoms with Gasteiger partial charge in [-0.2, -0.15) is 0 Å². The van der Waals surface area contributed by atoms with Crippen LogP contribution < -0.4 is 0 Å². The lowest BCUT2D eigenvalue weighted by Gasteiger charge is -2.66. The van der Waals surface area contributed by atoms with Crippen molar-refractivity contribution in [3.05, 3.63) is 11.6 Å². The van der Waals surface area contributed by atoms with Crippen molar-refractivity contribution in [2.45, 2.75) is 223 Å². The molecule has 382 valence electrons. The fourth-order valence-corrected chi connectivity index (χ4v) is 14.6. The molecule has 24 atom stereocenters. The molecule has 66 heavy (non-hydrogen) atoms. The van der Waals surface area contributed by atoms with Gasteiger partial charge in [0.25, 0.3) is 0 Å². The van der Waals surface area contributed by atoms with Gasteiger partial charge in [0.2, 0.25) is 0 Å². The molecular formula is C49H84O17. The second-order valence-corrected chi connectivity index (χ2v) is 23.5. The second-order valence-electron chi connectivity index (χ2n) is 23.5. The van der Waals surface area contributed by atoms with Crippen molar-refractivity contribution in [3.63, 3.8) is 0 Å². The molecule has 17 nitrogen and oxygen atoms in total. The number of fused-ring (bicyclic) bond motifs is 5. The molecular weight excluding hydrogens is 861 g/mol. The molecule has 0 radical (unpaired) electrons. The van der Waals surface area contributed by atoms with Crippen LogP contribution in [0, 0.1) is 51.2 Å². The average Bonchev–Trinajstić information content (AvgIpc) is 3.55. The molecule has 7 rings (SSSR count). The third-order valence-electron chi connectivity index (χ3n) is 19.1. The van der Waals surface area contributed by atoms with E-state index in [-0.39, 0.29) is 41.3 Å². The summed E-state index contributed by atoms with van der Waals surface area (Å²) in [5, 5.41) is 126. The van der Waals surface area contributed by atoms with Crippen LogP contribution in [-0.2, 0) is 23.7 Å². The fraction of sp³-hybridized carbons (Fsp3) is 0.959. The first-order chi connectivity index (χ1) is 30.8. The van der Waals surface area contributed by atoms with Gasteiger partial charge in [0.1, 0.15) is 61.0 Å². The highest BCUT2D eigenvalue weighted by Crippen LogP contribution is 2.75. The molecule has 0 aromatic carbocycles. The Morgan fingerprint density at radius 3 is 1.95 bits per heavy atom. The SMILES string of the molecule is C[C@H](CC[C@@H](O[C@@H]1O[C@H](CO[C@@H]2C[C@H](CO)[C@@H](O)[C@H](O)[C@H]2O)[C@@H](O)[C@H](O)[C@H]1O)C(C)(C)O)C1CC[C@@]2(C)C3CC=C4C(CC[C@H](O[C@@H]5O[C@H](CO)[C@@H](O)[C@H](O)[C@H]5O)C4(C)C)[C@]3(C)CC[C@]12C. The maximum Gasteiger partial charge on any atom is 0.187 e. The number of allylic oxidation sites excluding steroid dienone is 1. The number of aliphatic hydroxyl groups is 12. The van der Waals surface area contributed by atoms with Crippen molar-refractivity contribution in [2.75, 3.05) is 19.8 Å². The highest BCUT2D eigenvalue weighted by molar-refractivity contribution is 5.30. The van der Waals surface area contributed by atoms with E-state index in [1.807, 2.05) is 0 Å². The largest absolute Gasteiger partial charge is 0.396 e. The number of hydrogen-bond acceptors (Lipinski definition) is 17. The van der Waals surface area contributed by atoms with Crippen molar-refractivity contribution in [3.8, 4) is 0 Å². The van der Waals surface area contributed by atoms with Crippen LogP contribution in [0.5, 0.6) is 0 Å². The molecule has 5 aliphatic carbocycles. The standard InChI is InChI=1S/C49H84O17/c1-23(9-13-33(46(4,5)61)66-44-42(60)40(58)37(55)30(64-44)22-62-28-19-24(20-50)34(52)38(56)35(28)53)25-15-16-49(8)31-12-10-26-27(47(31,6)17-18-48(25,49)7)11-14-32(45(26,2)3)65-43-41(59)39(57)36(54)29(21-51)63-43/h10,23-25,27-44,50-61H,9,11-22H2,1-8H3/t23-,24-,25?,27?,28-,29-,30-,31?,32+,33-,34-,35+,36-,37-,38+,39+,40+,41-,42-,43+,44+,47+,48-,49+/m1/s1. The Bertz CT molecular complexity index is 1670. The van der Waals surface area contributed by atoms with E-state index < -0.39 is 122 Å². The summed E-state index contributed by atoms with van der Waals surface area (Å²) >= 11 is 0. The smallest absolute Gasteiger partial charge is 0.187 e. The van der Waals surface area contributed by atoms with Gasteiger partial charge in [-0.05, 0) is 118 Å². The number of aliphatic hydroxyl groups excluding tert-OH is 11. The van der Waals surface area contributed by atoms with E-state index in [1.165, 1.54) is 5.57 Å². The van der Waals surface area contributed by atoms with E-state index in [2.05, 4.69) is 47.6 Å². The molecule has 0 aromatic heterocycles. The Hall–Kier alpha value is -0.940. The Balaban J connectivity index is 0.997. The molecule has 2 heterocycles. The van der Waals surface area contributed by atoms with Gasteiger partial charge in [-0.1, -0.05) is 53.2 Å². The van der Waals surface area contributed by atoms with Crippen molar-refractivity contribution in [2.24, 2.45) is 51.2 Å². The summed E-state index contributed by atoms with van der Waals surface area (Å²) < 4.78 is 30.4. The van der Waals surface area contributed by atoms with Crippen molar-refractivity contribution in [1.29, 1.82) is 0 Å². The lowest BCUT2D eigenvalue weighted by molar-refractivity contribution is -0.326. The lowest BCUT2D eigenvalue weighted by Crippen LogP contribution is -2.61. The van der Waals surface area contributed by atoms with Gasteiger partial charge in [0.05, 0.1) is 43.2 Å². The molecule has 0 aromatic rings. The van der Waals surface area contributed by atoms with E-state index in [1.54, 1.807) is 13.8 Å². The monoisotopic (exact) mass is 945 g/mol. The van der Waals surface area contributed by atoms with Crippen LogP contribution >= 0.6 is 0 Å². The highest BCUT2D eigenvalue weighted by Gasteiger charge is 2.67. The molecule has 3 unspecified atom stereocenters. The molecule has 4 saturated carbocycles. The minimum atomic E-state index is -1.68. The average molecular weight is 945 g/mol. The van der Waals surface area contributed by atoms with Gasteiger partial charge < -0.3 is 85.0 Å². The van der Waals surface area contributed by atoms with Gasteiger partial charge in [0, 0.05) is 17.9 Å². The molecule has 2 aliphatic heterocycles. The minimum absolute atomic E-state index is 0.0223. The molecule has 2 saturated heterocycles. The summed E-state index contributed by atoms with van der Waals surface area (Å²) in [4.78, 5) is 0. The highest BCUT2D eigenvalue weighted by atomic mass is 16.7. The van der Waals surface area contributed by atoms with Crippen LogP contribution in [0.4, 0.5) is 0 Å². The van der Waals surface area contributed by atoms with Gasteiger partial charge >= 0.3 is 0 Å². The summed E-state index contributed by atoms with van der Waals surface area (Å²) in [7, 11) is 0. The fourth-order valence-electron chi connectivity index (χ4n) is 14.6. The predicted molar refractivity (Wildman–Crippen MR) is 237 cm³/mol.